The molecule has 2 aliphatic carbocycles. The van der Waals surface area contributed by atoms with Crippen LogP contribution in [0.25, 0.3) is 0 Å². The highest BCUT2D eigenvalue weighted by atomic mass is 16.5. The lowest BCUT2D eigenvalue weighted by atomic mass is 9.75. The first-order valence-electron chi connectivity index (χ1n) is 12.4. The van der Waals surface area contributed by atoms with Gasteiger partial charge in [-0.25, -0.2) is 0 Å². The Hall–Kier alpha value is -2.76. The first-order chi connectivity index (χ1) is 16.4. The van der Waals surface area contributed by atoms with E-state index >= 15 is 0 Å². The number of hydrogen-bond donors (Lipinski definition) is 0. The summed E-state index contributed by atoms with van der Waals surface area (Å²) in [6.45, 7) is 8.50. The number of benzene rings is 1. The van der Waals surface area contributed by atoms with Crippen LogP contribution in [-0.4, -0.2) is 25.2 Å². The molecule has 2 aliphatic rings. The molecular weight excluding hydrogens is 432 g/mol. The third kappa shape index (κ3) is 6.87. The predicted octanol–water partition coefficient (Wildman–Crippen LogP) is 3.43. The highest BCUT2D eigenvalue weighted by molar-refractivity contribution is 5.93. The SMILES string of the molecule is C=COCC1CCC(Cc2c(C(=O)[O-])ccc(C(=O)[O-])c2CC2CCC(COC=C)CC2)CC1. The minimum atomic E-state index is -1.25. The fraction of sp³-hybridized carbons (Fsp3) is 0.571. The van der Waals surface area contributed by atoms with Crippen LogP contribution >= 0.6 is 0 Å². The van der Waals surface area contributed by atoms with Gasteiger partial charge in [0.2, 0.25) is 0 Å². The van der Waals surface area contributed by atoms with E-state index in [0.717, 1.165) is 51.4 Å². The summed E-state index contributed by atoms with van der Waals surface area (Å²) < 4.78 is 10.7. The molecule has 0 aliphatic heterocycles. The van der Waals surface area contributed by atoms with Crippen molar-refractivity contribution >= 4 is 11.9 Å². The molecule has 2 fully saturated rings. The first kappa shape index (κ1) is 25.9. The van der Waals surface area contributed by atoms with Gasteiger partial charge in [-0.05, 0) is 99.0 Å². The third-order valence-electron chi connectivity index (χ3n) is 7.69. The molecule has 0 saturated heterocycles. The van der Waals surface area contributed by atoms with E-state index in [1.807, 2.05) is 0 Å². The van der Waals surface area contributed by atoms with Crippen LogP contribution in [0.3, 0.4) is 0 Å². The van der Waals surface area contributed by atoms with E-state index in [1.165, 1.54) is 24.7 Å². The third-order valence-corrected chi connectivity index (χ3v) is 7.69. The summed E-state index contributed by atoms with van der Waals surface area (Å²) >= 11 is 0. The van der Waals surface area contributed by atoms with Crippen LogP contribution in [0.15, 0.2) is 37.8 Å². The van der Waals surface area contributed by atoms with Gasteiger partial charge >= 0.3 is 0 Å². The van der Waals surface area contributed by atoms with Crippen molar-refractivity contribution in [2.75, 3.05) is 13.2 Å². The number of ether oxygens (including phenoxy) is 2. The van der Waals surface area contributed by atoms with E-state index in [4.69, 9.17) is 9.47 Å². The number of aromatic carboxylic acids is 2. The molecule has 2 saturated carbocycles. The van der Waals surface area contributed by atoms with Crippen LogP contribution in [0.5, 0.6) is 0 Å². The molecule has 0 unspecified atom stereocenters. The highest BCUT2D eigenvalue weighted by Gasteiger charge is 2.27. The number of hydrogen-bond acceptors (Lipinski definition) is 6. The van der Waals surface area contributed by atoms with E-state index in [1.54, 1.807) is 0 Å². The Morgan fingerprint density at radius 1 is 0.706 bits per heavy atom. The lowest BCUT2D eigenvalue weighted by molar-refractivity contribution is -0.256. The fourth-order valence-corrected chi connectivity index (χ4v) is 5.73. The van der Waals surface area contributed by atoms with Crippen molar-refractivity contribution in [3.05, 3.63) is 60.1 Å². The van der Waals surface area contributed by atoms with Crippen molar-refractivity contribution in [1.29, 1.82) is 0 Å². The maximum Gasteiger partial charge on any atom is 0.0901 e. The Morgan fingerprint density at radius 2 is 1.03 bits per heavy atom. The fourth-order valence-electron chi connectivity index (χ4n) is 5.73. The van der Waals surface area contributed by atoms with Gasteiger partial charge in [-0.1, -0.05) is 25.3 Å². The Labute approximate surface area is 202 Å². The topological polar surface area (TPSA) is 98.7 Å². The van der Waals surface area contributed by atoms with Crippen LogP contribution in [0.1, 0.15) is 83.2 Å². The minimum absolute atomic E-state index is 0.116. The van der Waals surface area contributed by atoms with Crippen molar-refractivity contribution in [3.63, 3.8) is 0 Å². The van der Waals surface area contributed by atoms with Gasteiger partial charge < -0.3 is 29.3 Å². The Kier molecular flexibility index (Phi) is 9.61. The zero-order chi connectivity index (χ0) is 24.5. The average Bonchev–Trinajstić information content (AvgIpc) is 2.83. The lowest BCUT2D eigenvalue weighted by Crippen LogP contribution is -2.30. The van der Waals surface area contributed by atoms with Crippen molar-refractivity contribution in [2.24, 2.45) is 23.7 Å². The van der Waals surface area contributed by atoms with Crippen LogP contribution in [0.2, 0.25) is 0 Å². The van der Waals surface area contributed by atoms with E-state index in [0.29, 0.717) is 60.9 Å². The van der Waals surface area contributed by atoms with Crippen LogP contribution in [0, 0.1) is 23.7 Å². The summed E-state index contributed by atoms with van der Waals surface area (Å²) in [5.41, 5.74) is 1.49. The van der Waals surface area contributed by atoms with Gasteiger partial charge in [0.1, 0.15) is 0 Å². The Morgan fingerprint density at radius 3 is 1.32 bits per heavy atom. The van der Waals surface area contributed by atoms with Gasteiger partial charge in [0.05, 0.1) is 37.7 Å². The quantitative estimate of drug-likeness (QED) is 0.436. The summed E-state index contributed by atoms with van der Waals surface area (Å²) in [5, 5.41) is 24.0. The Bertz CT molecular complexity index is 789. The first-order valence-corrected chi connectivity index (χ1v) is 12.4. The number of rotatable bonds is 12. The highest BCUT2D eigenvalue weighted by Crippen LogP contribution is 2.37. The Balaban J connectivity index is 1.78. The van der Waals surface area contributed by atoms with E-state index in [9.17, 15) is 19.8 Å². The molecule has 0 radical (unpaired) electrons. The van der Waals surface area contributed by atoms with Crippen LogP contribution in [0.4, 0.5) is 0 Å². The largest absolute Gasteiger partial charge is 0.545 e. The van der Waals surface area contributed by atoms with Crippen LogP contribution in [-0.2, 0) is 22.3 Å². The zero-order valence-electron chi connectivity index (χ0n) is 20.0. The molecule has 0 N–H and O–H groups in total. The van der Waals surface area contributed by atoms with E-state index in [2.05, 4.69) is 13.2 Å². The number of carbonyl (C=O) groups excluding carboxylic acids is 2. The summed E-state index contributed by atoms with van der Waals surface area (Å²) in [6.07, 6.45) is 11.9. The smallest absolute Gasteiger partial charge is 0.0901 e. The van der Waals surface area contributed by atoms with Crippen molar-refractivity contribution in [1.82, 2.24) is 0 Å². The molecule has 0 spiro atoms. The molecule has 0 amide bonds. The molecule has 1 aromatic rings. The average molecular weight is 469 g/mol. The standard InChI is InChI=1S/C28H38O6/c1-3-33-17-21-9-5-19(6-10-21)15-25-23(27(29)30)13-14-24(28(31)32)26(25)16-20-7-11-22(12-8-20)18-34-4-2/h3-4,13-14,19-22H,1-2,5-12,15-18H2,(H,29,30)(H,31,32)/p-2. The summed E-state index contributed by atoms with van der Waals surface area (Å²) in [5.74, 6) is -0.937. The van der Waals surface area contributed by atoms with Gasteiger partial charge in [0, 0.05) is 11.1 Å². The molecule has 6 heteroatoms. The van der Waals surface area contributed by atoms with Crippen LogP contribution < -0.4 is 10.2 Å². The van der Waals surface area contributed by atoms with Gasteiger partial charge in [0.25, 0.3) is 0 Å². The van der Waals surface area contributed by atoms with Gasteiger partial charge in [-0.15, -0.1) is 0 Å². The van der Waals surface area contributed by atoms with Gasteiger partial charge in [-0.2, -0.15) is 0 Å². The second kappa shape index (κ2) is 12.6. The van der Waals surface area contributed by atoms with Crippen molar-refractivity contribution in [2.45, 2.75) is 64.2 Å². The molecule has 0 heterocycles. The summed E-state index contributed by atoms with van der Waals surface area (Å²) in [6, 6.07) is 2.76. The monoisotopic (exact) mass is 468 g/mol. The summed E-state index contributed by atoms with van der Waals surface area (Å²) in [7, 11) is 0. The van der Waals surface area contributed by atoms with Crippen molar-refractivity contribution in [3.8, 4) is 0 Å². The molecule has 0 aromatic heterocycles. The van der Waals surface area contributed by atoms with E-state index < -0.39 is 11.9 Å². The second-order valence-electron chi connectivity index (χ2n) is 9.87. The van der Waals surface area contributed by atoms with Gasteiger partial charge in [-0.3, -0.25) is 0 Å². The molecule has 6 nitrogen and oxygen atoms in total. The van der Waals surface area contributed by atoms with E-state index in [-0.39, 0.29) is 11.1 Å². The second-order valence-corrected chi connectivity index (χ2v) is 9.87. The molecule has 186 valence electrons. The van der Waals surface area contributed by atoms with Gasteiger partial charge in [0.15, 0.2) is 0 Å². The molecule has 0 bridgehead atoms. The number of carboxylic acids is 2. The number of carbonyl (C=O) groups is 2. The molecule has 0 atom stereocenters. The molecule has 3 rings (SSSR count). The predicted molar refractivity (Wildman–Crippen MR) is 126 cm³/mol. The lowest BCUT2D eigenvalue weighted by Gasteiger charge is -2.32. The zero-order valence-corrected chi connectivity index (χ0v) is 20.0. The maximum absolute atomic E-state index is 12.0. The van der Waals surface area contributed by atoms with Crippen molar-refractivity contribution < 1.29 is 29.3 Å². The molecule has 34 heavy (non-hydrogen) atoms. The molecule has 1 aromatic carbocycles. The summed E-state index contributed by atoms with van der Waals surface area (Å²) in [4.78, 5) is 24.0. The number of carboxylic acid groups (broad SMARTS) is 2. The normalized spacial score (nSPS) is 24.7. The maximum atomic E-state index is 12.0. The molecular formula is C28H36O6-2. The minimum Gasteiger partial charge on any atom is -0.545 e.